The van der Waals surface area contributed by atoms with Crippen molar-refractivity contribution in [3.63, 3.8) is 0 Å². The van der Waals surface area contributed by atoms with Crippen LogP contribution in [-0.4, -0.2) is 16.0 Å². The molecule has 1 fully saturated rings. The van der Waals surface area contributed by atoms with Crippen molar-refractivity contribution < 1.29 is 13.9 Å². The van der Waals surface area contributed by atoms with Gasteiger partial charge in [0.2, 0.25) is 0 Å². The molecule has 0 N–H and O–H groups in total. The van der Waals surface area contributed by atoms with Gasteiger partial charge in [-0.05, 0) is 81.3 Å². The molecule has 0 unspecified atom stereocenters. The molecule has 1 aliphatic heterocycles. The van der Waals surface area contributed by atoms with E-state index in [-0.39, 0.29) is 5.91 Å². The second-order valence-corrected chi connectivity index (χ2v) is 9.64. The van der Waals surface area contributed by atoms with Gasteiger partial charge < -0.3 is 9.15 Å². The van der Waals surface area contributed by atoms with Crippen LogP contribution in [0.3, 0.4) is 0 Å². The van der Waals surface area contributed by atoms with Crippen molar-refractivity contribution in [2.45, 2.75) is 13.2 Å². The number of amidine groups is 1. The number of carbonyl (C=O) groups is 1. The first-order valence-corrected chi connectivity index (χ1v) is 12.6. The average Bonchev–Trinajstić information content (AvgIpc) is 3.49. The first-order chi connectivity index (χ1) is 17.2. The van der Waals surface area contributed by atoms with Crippen LogP contribution in [0.2, 0.25) is 0 Å². The zero-order valence-electron chi connectivity index (χ0n) is 18.6. The SMILES string of the molecule is O=C1/C(=C/c2ccc(OCc3ccccc3)c(Br)c2)SC(=Nc2ccccc2)N1Cc1ccco1. The van der Waals surface area contributed by atoms with Gasteiger partial charge >= 0.3 is 0 Å². The van der Waals surface area contributed by atoms with E-state index >= 15 is 0 Å². The molecule has 0 saturated carbocycles. The van der Waals surface area contributed by atoms with Crippen molar-refractivity contribution in [2.24, 2.45) is 4.99 Å². The Hall–Kier alpha value is -3.55. The van der Waals surface area contributed by atoms with Crippen LogP contribution in [0.5, 0.6) is 5.75 Å². The number of halogens is 1. The summed E-state index contributed by atoms with van der Waals surface area (Å²) < 4.78 is 12.3. The smallest absolute Gasteiger partial charge is 0.267 e. The largest absolute Gasteiger partial charge is 0.488 e. The van der Waals surface area contributed by atoms with Crippen LogP contribution >= 0.6 is 27.7 Å². The minimum atomic E-state index is -0.110. The standard InChI is InChI=1S/C28H21BrN2O3S/c29-24-16-21(13-14-25(24)34-19-20-8-3-1-4-9-20)17-26-27(32)31(18-23-12-7-15-33-23)28(35-26)30-22-10-5-2-6-11-22/h1-17H,18-19H2/b26-17-,30-28?. The van der Waals surface area contributed by atoms with Gasteiger partial charge in [-0.25, -0.2) is 4.99 Å². The third-order valence-electron chi connectivity index (χ3n) is 5.25. The number of nitrogens with zero attached hydrogens (tertiary/aromatic N) is 2. The third-order valence-corrected chi connectivity index (χ3v) is 6.88. The highest BCUT2D eigenvalue weighted by molar-refractivity contribution is 9.10. The van der Waals surface area contributed by atoms with Crippen LogP contribution in [0.4, 0.5) is 5.69 Å². The van der Waals surface area contributed by atoms with Crippen molar-refractivity contribution in [1.29, 1.82) is 0 Å². The summed E-state index contributed by atoms with van der Waals surface area (Å²) in [5, 5.41) is 0.616. The van der Waals surface area contributed by atoms with Crippen molar-refractivity contribution in [3.8, 4) is 5.75 Å². The molecule has 0 spiro atoms. The molecule has 5 nitrogen and oxygen atoms in total. The average molecular weight is 545 g/mol. The molecule has 1 aromatic heterocycles. The summed E-state index contributed by atoms with van der Waals surface area (Å²) in [5.74, 6) is 1.33. The van der Waals surface area contributed by atoms with Gasteiger partial charge in [0.15, 0.2) is 5.17 Å². The Morgan fingerprint density at radius 2 is 1.74 bits per heavy atom. The highest BCUT2D eigenvalue weighted by Gasteiger charge is 2.34. The predicted octanol–water partition coefficient (Wildman–Crippen LogP) is 7.43. The molecule has 1 amide bonds. The summed E-state index contributed by atoms with van der Waals surface area (Å²) >= 11 is 4.96. The highest BCUT2D eigenvalue weighted by Crippen LogP contribution is 2.36. The second kappa shape index (κ2) is 10.8. The lowest BCUT2D eigenvalue weighted by Gasteiger charge is -2.13. The van der Waals surface area contributed by atoms with E-state index in [2.05, 4.69) is 15.9 Å². The molecule has 35 heavy (non-hydrogen) atoms. The summed E-state index contributed by atoms with van der Waals surface area (Å²) in [5.41, 5.74) is 2.77. The van der Waals surface area contributed by atoms with E-state index in [0.29, 0.717) is 29.0 Å². The molecule has 7 heteroatoms. The summed E-state index contributed by atoms with van der Waals surface area (Å²) in [4.78, 5) is 20.3. The maximum absolute atomic E-state index is 13.3. The molecule has 174 valence electrons. The van der Waals surface area contributed by atoms with Gasteiger partial charge in [-0.15, -0.1) is 0 Å². The third kappa shape index (κ3) is 5.75. The number of amides is 1. The van der Waals surface area contributed by atoms with Gasteiger partial charge in [0, 0.05) is 0 Å². The fraction of sp³-hybridized carbons (Fsp3) is 0.0714. The van der Waals surface area contributed by atoms with Crippen LogP contribution < -0.4 is 4.74 Å². The Morgan fingerprint density at radius 1 is 0.971 bits per heavy atom. The lowest BCUT2D eigenvalue weighted by molar-refractivity contribution is -0.122. The van der Waals surface area contributed by atoms with Crippen LogP contribution in [0, 0.1) is 0 Å². The Labute approximate surface area is 216 Å². The van der Waals surface area contributed by atoms with E-state index in [4.69, 9.17) is 14.1 Å². The molecule has 3 aromatic carbocycles. The van der Waals surface area contributed by atoms with Crippen LogP contribution in [0.15, 0.2) is 116 Å². The van der Waals surface area contributed by atoms with Gasteiger partial charge in [-0.1, -0.05) is 54.6 Å². The molecular weight excluding hydrogens is 524 g/mol. The van der Waals surface area contributed by atoms with Gasteiger partial charge in [0.1, 0.15) is 18.1 Å². The zero-order valence-corrected chi connectivity index (χ0v) is 21.0. The van der Waals surface area contributed by atoms with Gasteiger partial charge in [0.05, 0.1) is 27.9 Å². The van der Waals surface area contributed by atoms with Crippen LogP contribution in [-0.2, 0) is 17.9 Å². The molecule has 4 aromatic rings. The number of hydrogen-bond acceptors (Lipinski definition) is 5. The van der Waals surface area contributed by atoms with Crippen molar-refractivity contribution in [2.75, 3.05) is 0 Å². The number of ether oxygens (including phenoxy) is 1. The topological polar surface area (TPSA) is 55.0 Å². The summed E-state index contributed by atoms with van der Waals surface area (Å²) in [7, 11) is 0. The molecule has 1 saturated heterocycles. The molecule has 2 heterocycles. The quantitative estimate of drug-likeness (QED) is 0.227. The minimum Gasteiger partial charge on any atom is -0.488 e. The molecule has 5 rings (SSSR count). The van der Waals surface area contributed by atoms with Gasteiger partial charge in [-0.3, -0.25) is 9.69 Å². The van der Waals surface area contributed by atoms with E-state index in [9.17, 15) is 4.79 Å². The fourth-order valence-electron chi connectivity index (χ4n) is 3.51. The maximum atomic E-state index is 13.3. The monoisotopic (exact) mass is 544 g/mol. The lowest BCUT2D eigenvalue weighted by atomic mass is 10.2. The molecule has 0 radical (unpaired) electrons. The Kier molecular flexibility index (Phi) is 7.16. The number of para-hydroxylation sites is 1. The van der Waals surface area contributed by atoms with Crippen LogP contribution in [0.1, 0.15) is 16.9 Å². The zero-order chi connectivity index (χ0) is 24.0. The fourth-order valence-corrected chi connectivity index (χ4v) is 5.02. The predicted molar refractivity (Wildman–Crippen MR) is 143 cm³/mol. The van der Waals surface area contributed by atoms with Crippen molar-refractivity contribution in [1.82, 2.24) is 4.90 Å². The lowest BCUT2D eigenvalue weighted by Crippen LogP contribution is -2.28. The van der Waals surface area contributed by atoms with E-state index < -0.39 is 0 Å². The van der Waals surface area contributed by atoms with E-state index in [1.165, 1.54) is 11.8 Å². The van der Waals surface area contributed by atoms with E-state index in [1.807, 2.05) is 97.1 Å². The number of benzene rings is 3. The number of hydrogen-bond donors (Lipinski definition) is 0. The molecule has 0 aliphatic carbocycles. The Balaban J connectivity index is 1.38. The highest BCUT2D eigenvalue weighted by atomic mass is 79.9. The van der Waals surface area contributed by atoms with Crippen molar-refractivity contribution >= 4 is 50.5 Å². The number of thioether (sulfide) groups is 1. The molecule has 1 aliphatic rings. The Morgan fingerprint density at radius 3 is 2.46 bits per heavy atom. The van der Waals surface area contributed by atoms with Crippen LogP contribution in [0.25, 0.3) is 6.08 Å². The van der Waals surface area contributed by atoms with E-state index in [1.54, 1.807) is 11.2 Å². The van der Waals surface area contributed by atoms with E-state index in [0.717, 1.165) is 27.0 Å². The van der Waals surface area contributed by atoms with Gasteiger partial charge in [-0.2, -0.15) is 0 Å². The van der Waals surface area contributed by atoms with Crippen molar-refractivity contribution in [3.05, 3.63) is 124 Å². The normalized spacial score (nSPS) is 15.8. The molecule has 0 atom stereocenters. The van der Waals surface area contributed by atoms with Gasteiger partial charge in [0.25, 0.3) is 5.91 Å². The number of furan rings is 1. The first-order valence-electron chi connectivity index (χ1n) is 11.0. The second-order valence-electron chi connectivity index (χ2n) is 7.78. The summed E-state index contributed by atoms with van der Waals surface area (Å²) in [6, 6.07) is 29.1. The number of carbonyl (C=O) groups excluding carboxylic acids is 1. The summed E-state index contributed by atoms with van der Waals surface area (Å²) in [6.45, 7) is 0.799. The maximum Gasteiger partial charge on any atom is 0.267 e. The molecular formula is C28H21BrN2O3S. The first kappa shape index (κ1) is 23.2. The number of aliphatic imine (C=N–C) groups is 1. The summed E-state index contributed by atoms with van der Waals surface area (Å²) in [6.07, 6.45) is 3.48. The number of rotatable bonds is 7. The Bertz CT molecular complexity index is 1370. The minimum absolute atomic E-state index is 0.110. The molecule has 0 bridgehead atoms.